The average molecular weight is 554 g/mol. The van der Waals surface area contributed by atoms with Gasteiger partial charge in [-0.25, -0.2) is 9.88 Å². The summed E-state index contributed by atoms with van der Waals surface area (Å²) in [6, 6.07) is 5.95. The van der Waals surface area contributed by atoms with E-state index in [2.05, 4.69) is 15.2 Å². The highest BCUT2D eigenvalue weighted by atomic mass is 35.5. The third-order valence-corrected chi connectivity index (χ3v) is 9.17. The van der Waals surface area contributed by atoms with Gasteiger partial charge in [0.2, 0.25) is 18.2 Å². The van der Waals surface area contributed by atoms with Crippen molar-refractivity contribution in [2.45, 2.75) is 37.8 Å². The van der Waals surface area contributed by atoms with Gasteiger partial charge >= 0.3 is 0 Å². The summed E-state index contributed by atoms with van der Waals surface area (Å²) >= 11 is 25.0. The number of aromatic nitrogens is 1. The maximum absolute atomic E-state index is 14.0. The molecule has 3 aliphatic heterocycles. The van der Waals surface area contributed by atoms with Crippen LogP contribution in [0.2, 0.25) is 20.2 Å². The van der Waals surface area contributed by atoms with Crippen LogP contribution < -0.4 is 10.2 Å². The van der Waals surface area contributed by atoms with Crippen LogP contribution in [0.4, 0.5) is 11.5 Å². The van der Waals surface area contributed by atoms with E-state index in [0.29, 0.717) is 34.3 Å². The van der Waals surface area contributed by atoms with Gasteiger partial charge in [0, 0.05) is 40.2 Å². The Balaban J connectivity index is 1.49. The lowest BCUT2D eigenvalue weighted by Crippen LogP contribution is -2.51. The molecule has 1 aromatic heterocycles. The van der Waals surface area contributed by atoms with Crippen LogP contribution >= 0.6 is 46.4 Å². The SMILES string of the molecule is CC1C(C(=O)N(C=O)c2cc(Cl)cc(Cl)n2)C2CC3(CC3)CN2C12C(=O)Nc1c(Cl)cc(Cl)cc12. The van der Waals surface area contributed by atoms with Gasteiger partial charge in [-0.15, -0.1) is 0 Å². The van der Waals surface area contributed by atoms with E-state index in [4.69, 9.17) is 46.4 Å². The van der Waals surface area contributed by atoms with E-state index in [1.807, 2.05) is 6.92 Å². The molecular weight excluding hydrogens is 534 g/mol. The number of imide groups is 1. The number of nitrogens with zero attached hydrogens (tertiary/aromatic N) is 3. The van der Waals surface area contributed by atoms with Crippen molar-refractivity contribution in [3.63, 3.8) is 0 Å². The van der Waals surface area contributed by atoms with Gasteiger partial charge in [0.1, 0.15) is 16.5 Å². The molecule has 2 saturated heterocycles. The normalized spacial score (nSPS) is 29.9. The molecular formula is C24H20Cl4N4O3. The number of pyridine rings is 1. The second-order valence-electron chi connectivity index (χ2n) is 10.0. The van der Waals surface area contributed by atoms with Crippen LogP contribution in [-0.4, -0.2) is 40.7 Å². The van der Waals surface area contributed by atoms with Gasteiger partial charge in [-0.3, -0.25) is 19.3 Å². The van der Waals surface area contributed by atoms with E-state index < -0.39 is 23.3 Å². The molecule has 4 atom stereocenters. The Hall–Kier alpha value is -1.90. The Kier molecular flexibility index (Phi) is 5.23. The molecule has 2 aromatic rings. The van der Waals surface area contributed by atoms with Crippen LogP contribution in [-0.2, 0) is 19.9 Å². The van der Waals surface area contributed by atoms with Gasteiger partial charge in [-0.2, -0.15) is 0 Å². The van der Waals surface area contributed by atoms with Crippen molar-refractivity contribution in [2.75, 3.05) is 16.8 Å². The summed E-state index contributed by atoms with van der Waals surface area (Å²) in [5.74, 6) is -1.78. The zero-order chi connectivity index (χ0) is 24.9. The van der Waals surface area contributed by atoms with Gasteiger partial charge in [0.25, 0.3) is 0 Å². The van der Waals surface area contributed by atoms with Crippen molar-refractivity contribution in [3.05, 3.63) is 50.0 Å². The number of carbonyl (C=O) groups is 3. The molecule has 4 aliphatic rings. The Morgan fingerprint density at radius 1 is 1.17 bits per heavy atom. The van der Waals surface area contributed by atoms with Crippen LogP contribution in [0.1, 0.15) is 31.7 Å². The molecule has 1 aromatic carbocycles. The Bertz CT molecular complexity index is 1300. The molecule has 3 amide bonds. The summed E-state index contributed by atoms with van der Waals surface area (Å²) in [6.07, 6.45) is 3.28. The minimum atomic E-state index is -1.13. The number of anilines is 2. The summed E-state index contributed by atoms with van der Waals surface area (Å²) in [6.45, 7) is 2.57. The molecule has 1 saturated carbocycles. The number of amides is 3. The van der Waals surface area contributed by atoms with Crippen molar-refractivity contribution in [3.8, 4) is 0 Å². The first-order valence-corrected chi connectivity index (χ1v) is 12.8. The van der Waals surface area contributed by atoms with Gasteiger partial charge in [-0.1, -0.05) is 53.3 Å². The first-order chi connectivity index (χ1) is 16.6. The van der Waals surface area contributed by atoms with Crippen molar-refractivity contribution in [2.24, 2.45) is 17.3 Å². The van der Waals surface area contributed by atoms with Gasteiger partial charge in [0.15, 0.2) is 0 Å². The van der Waals surface area contributed by atoms with Gasteiger partial charge in [0.05, 0.1) is 16.6 Å². The van der Waals surface area contributed by atoms with Crippen LogP contribution in [0.25, 0.3) is 0 Å². The molecule has 35 heavy (non-hydrogen) atoms. The predicted octanol–water partition coefficient (Wildman–Crippen LogP) is 5.15. The molecule has 7 nitrogen and oxygen atoms in total. The van der Waals surface area contributed by atoms with E-state index in [0.717, 1.165) is 24.2 Å². The molecule has 182 valence electrons. The Morgan fingerprint density at radius 3 is 2.54 bits per heavy atom. The number of benzene rings is 1. The van der Waals surface area contributed by atoms with Crippen molar-refractivity contribution in [1.29, 1.82) is 0 Å². The summed E-state index contributed by atoms with van der Waals surface area (Å²) in [4.78, 5) is 47.2. The second-order valence-corrected chi connectivity index (χ2v) is 11.7. The standard InChI is InChI=1S/C24H20Cl4N4O3/c1-11-19(21(34)31(10-33)18-7-13(26)6-17(28)29-18)16-8-23(2-3-23)9-32(16)24(11)14-4-12(25)5-15(27)20(14)30-22(24)35/h4-7,10-11,16,19H,2-3,8-9H2,1H3,(H,30,35). The lowest BCUT2D eigenvalue weighted by Gasteiger charge is -2.36. The molecule has 4 unspecified atom stereocenters. The fourth-order valence-corrected chi connectivity index (χ4v) is 7.60. The third kappa shape index (κ3) is 3.22. The predicted molar refractivity (Wildman–Crippen MR) is 134 cm³/mol. The smallest absolute Gasteiger partial charge is 0.249 e. The highest BCUT2D eigenvalue weighted by Crippen LogP contribution is 2.66. The first kappa shape index (κ1) is 23.5. The van der Waals surface area contributed by atoms with E-state index in [1.165, 1.54) is 12.1 Å². The third-order valence-electron chi connectivity index (χ3n) is 8.24. The summed E-state index contributed by atoms with van der Waals surface area (Å²) in [5, 5.41) is 4.04. The molecule has 0 bridgehead atoms. The van der Waals surface area contributed by atoms with Crippen LogP contribution in [0.3, 0.4) is 0 Å². The fourth-order valence-electron chi connectivity index (χ4n) is 6.60. The Labute approximate surface area is 221 Å². The number of hydrogen-bond acceptors (Lipinski definition) is 5. The van der Waals surface area contributed by atoms with Crippen molar-refractivity contribution in [1.82, 2.24) is 9.88 Å². The monoisotopic (exact) mass is 552 g/mol. The summed E-state index contributed by atoms with van der Waals surface area (Å²) in [7, 11) is 0. The minimum absolute atomic E-state index is 0.0451. The lowest BCUT2D eigenvalue weighted by atomic mass is 9.74. The highest BCUT2D eigenvalue weighted by molar-refractivity contribution is 6.38. The van der Waals surface area contributed by atoms with Crippen LogP contribution in [0.15, 0.2) is 24.3 Å². The molecule has 11 heteroatoms. The number of halogens is 4. The highest BCUT2D eigenvalue weighted by Gasteiger charge is 2.72. The maximum atomic E-state index is 14.0. The molecule has 2 spiro atoms. The average Bonchev–Trinajstić information content (AvgIpc) is 3.24. The quantitative estimate of drug-likeness (QED) is 0.419. The fraction of sp³-hybridized carbons (Fsp3) is 0.417. The largest absolute Gasteiger partial charge is 0.323 e. The van der Waals surface area contributed by atoms with E-state index in [-0.39, 0.29) is 33.4 Å². The van der Waals surface area contributed by atoms with Gasteiger partial charge in [-0.05, 0) is 42.9 Å². The Morgan fingerprint density at radius 2 is 1.89 bits per heavy atom. The van der Waals surface area contributed by atoms with Crippen LogP contribution in [0.5, 0.6) is 0 Å². The molecule has 1 aliphatic carbocycles. The van der Waals surface area contributed by atoms with Crippen LogP contribution in [0, 0.1) is 17.3 Å². The molecule has 4 heterocycles. The second kappa shape index (κ2) is 7.80. The van der Waals surface area contributed by atoms with Crippen molar-refractivity contribution < 1.29 is 14.4 Å². The van der Waals surface area contributed by atoms with E-state index >= 15 is 0 Å². The molecule has 0 radical (unpaired) electrons. The number of hydrogen-bond donors (Lipinski definition) is 1. The minimum Gasteiger partial charge on any atom is -0.323 e. The summed E-state index contributed by atoms with van der Waals surface area (Å²) in [5.41, 5.74) is 0.138. The molecule has 6 rings (SSSR count). The zero-order valence-electron chi connectivity index (χ0n) is 18.5. The van der Waals surface area contributed by atoms with E-state index in [1.54, 1.807) is 12.1 Å². The topological polar surface area (TPSA) is 82.6 Å². The number of rotatable bonds is 3. The summed E-state index contributed by atoms with van der Waals surface area (Å²) < 4.78 is 0. The molecule has 3 fully saturated rings. The van der Waals surface area contributed by atoms with Crippen molar-refractivity contribution >= 4 is 76.1 Å². The van der Waals surface area contributed by atoms with E-state index in [9.17, 15) is 14.4 Å². The number of fused-ring (bicyclic) bond motifs is 4. The lowest BCUT2D eigenvalue weighted by molar-refractivity contribution is -0.129. The molecule has 1 N–H and O–H groups in total. The van der Waals surface area contributed by atoms with Gasteiger partial charge < -0.3 is 5.32 Å². The number of carbonyl (C=O) groups excluding carboxylic acids is 3. The number of nitrogens with one attached hydrogen (secondary N) is 1. The maximum Gasteiger partial charge on any atom is 0.249 e. The zero-order valence-corrected chi connectivity index (χ0v) is 21.5. The first-order valence-electron chi connectivity index (χ1n) is 11.3.